The Hall–Kier alpha value is -3.93. The summed E-state index contributed by atoms with van der Waals surface area (Å²) >= 11 is 0. The summed E-state index contributed by atoms with van der Waals surface area (Å²) in [5.74, 6) is -0.310. The second-order valence-electron chi connectivity index (χ2n) is 8.75. The lowest BCUT2D eigenvalue weighted by molar-refractivity contribution is -0.118. The fraction of sp³-hybridized carbons (Fsp3) is 0.222. The van der Waals surface area contributed by atoms with Crippen LogP contribution in [-0.4, -0.2) is 24.2 Å². The molecule has 0 bridgehead atoms. The van der Waals surface area contributed by atoms with Gasteiger partial charge in [-0.1, -0.05) is 57.2 Å². The van der Waals surface area contributed by atoms with Crippen LogP contribution in [0, 0.1) is 0 Å². The lowest BCUT2D eigenvalue weighted by Gasteiger charge is -2.19. The fourth-order valence-electron chi connectivity index (χ4n) is 3.16. The minimum atomic E-state index is -0.389. The minimum absolute atomic E-state index is 0.00133. The van der Waals surface area contributed by atoms with Crippen LogP contribution in [0.2, 0.25) is 0 Å². The third kappa shape index (κ3) is 6.53. The van der Waals surface area contributed by atoms with Gasteiger partial charge < -0.3 is 15.4 Å². The number of Topliss-reactive ketones (excluding diaryl/α,β-unsaturated/α-hetero) is 1. The number of hydrogen-bond donors (Lipinski definition) is 2. The van der Waals surface area contributed by atoms with E-state index in [0.29, 0.717) is 28.3 Å². The number of ether oxygens (including phenoxy) is 1. The Morgan fingerprint density at radius 1 is 0.788 bits per heavy atom. The van der Waals surface area contributed by atoms with Crippen molar-refractivity contribution in [3.05, 3.63) is 89.5 Å². The Morgan fingerprint density at radius 3 is 2.03 bits per heavy atom. The number of anilines is 2. The van der Waals surface area contributed by atoms with Crippen molar-refractivity contribution in [3.63, 3.8) is 0 Å². The summed E-state index contributed by atoms with van der Waals surface area (Å²) in [5, 5.41) is 5.61. The molecule has 6 heteroatoms. The van der Waals surface area contributed by atoms with Crippen LogP contribution in [-0.2, 0) is 10.2 Å². The number of para-hydroxylation sites is 2. The number of ketones is 1. The Bertz CT molecular complexity index is 1160. The lowest BCUT2D eigenvalue weighted by Crippen LogP contribution is -2.22. The first-order valence-corrected chi connectivity index (χ1v) is 10.7. The van der Waals surface area contributed by atoms with E-state index < -0.39 is 0 Å². The maximum Gasteiger partial charge on any atom is 0.262 e. The second kappa shape index (κ2) is 10.1. The monoisotopic (exact) mass is 444 g/mol. The van der Waals surface area contributed by atoms with Gasteiger partial charge in [0.2, 0.25) is 0 Å². The smallest absolute Gasteiger partial charge is 0.262 e. The van der Waals surface area contributed by atoms with Crippen LogP contribution in [0.5, 0.6) is 5.75 Å². The maximum atomic E-state index is 12.7. The number of nitrogens with one attached hydrogen (secondary N) is 2. The van der Waals surface area contributed by atoms with Crippen molar-refractivity contribution < 1.29 is 19.1 Å². The quantitative estimate of drug-likeness (QED) is 0.474. The molecule has 3 aromatic carbocycles. The zero-order valence-corrected chi connectivity index (χ0v) is 19.3. The molecule has 0 saturated carbocycles. The fourth-order valence-corrected chi connectivity index (χ4v) is 3.16. The highest BCUT2D eigenvalue weighted by Gasteiger charge is 2.15. The van der Waals surface area contributed by atoms with E-state index in [1.54, 1.807) is 60.7 Å². The molecular formula is C27H28N2O4. The average Bonchev–Trinajstić information content (AvgIpc) is 2.78. The van der Waals surface area contributed by atoms with Crippen molar-refractivity contribution in [2.24, 2.45) is 0 Å². The van der Waals surface area contributed by atoms with Crippen LogP contribution in [0.1, 0.15) is 54.0 Å². The van der Waals surface area contributed by atoms with E-state index in [4.69, 9.17) is 4.74 Å². The van der Waals surface area contributed by atoms with Gasteiger partial charge in [0.25, 0.3) is 11.8 Å². The molecule has 0 unspecified atom stereocenters. The highest BCUT2D eigenvalue weighted by Crippen LogP contribution is 2.24. The van der Waals surface area contributed by atoms with Crippen LogP contribution < -0.4 is 15.4 Å². The Morgan fingerprint density at radius 2 is 1.42 bits per heavy atom. The van der Waals surface area contributed by atoms with Crippen LogP contribution in [0.4, 0.5) is 11.4 Å². The second-order valence-corrected chi connectivity index (χ2v) is 8.75. The standard InChI is InChI=1S/C27H28N2O4/c1-18(30)20-8-7-9-22(16-20)33-17-25(31)28-23-10-5-6-11-24(23)29-26(32)19-12-14-21(15-13-19)27(2,3)4/h5-16H,17H2,1-4H3,(H,28,31)(H,29,32). The van der Waals surface area contributed by atoms with Gasteiger partial charge in [0.05, 0.1) is 11.4 Å². The number of hydrogen-bond acceptors (Lipinski definition) is 4. The maximum absolute atomic E-state index is 12.7. The number of amides is 2. The van der Waals surface area contributed by atoms with E-state index in [9.17, 15) is 14.4 Å². The molecule has 0 radical (unpaired) electrons. The molecule has 0 aromatic heterocycles. The number of rotatable bonds is 7. The topological polar surface area (TPSA) is 84.5 Å². The molecule has 0 heterocycles. The molecule has 0 aliphatic heterocycles. The van der Waals surface area contributed by atoms with Crippen LogP contribution in [0.15, 0.2) is 72.8 Å². The minimum Gasteiger partial charge on any atom is -0.484 e. The average molecular weight is 445 g/mol. The molecule has 6 nitrogen and oxygen atoms in total. The number of carbonyl (C=O) groups is 3. The summed E-state index contributed by atoms with van der Waals surface area (Å²) in [7, 11) is 0. The van der Waals surface area contributed by atoms with Gasteiger partial charge in [-0.15, -0.1) is 0 Å². The molecule has 0 aliphatic rings. The number of carbonyl (C=O) groups excluding carboxylic acids is 3. The van der Waals surface area contributed by atoms with Crippen molar-refractivity contribution in [2.45, 2.75) is 33.1 Å². The van der Waals surface area contributed by atoms with E-state index in [2.05, 4.69) is 31.4 Å². The van der Waals surface area contributed by atoms with Crippen molar-refractivity contribution in [2.75, 3.05) is 17.2 Å². The van der Waals surface area contributed by atoms with Gasteiger partial charge in [0.1, 0.15) is 5.75 Å². The van der Waals surface area contributed by atoms with Crippen molar-refractivity contribution in [3.8, 4) is 5.75 Å². The molecule has 0 saturated heterocycles. The first-order valence-electron chi connectivity index (χ1n) is 10.7. The van der Waals surface area contributed by atoms with E-state index in [-0.39, 0.29) is 29.6 Å². The molecule has 2 N–H and O–H groups in total. The zero-order chi connectivity index (χ0) is 24.0. The predicted octanol–water partition coefficient (Wildman–Crippen LogP) is 5.46. The molecule has 170 valence electrons. The van der Waals surface area contributed by atoms with Gasteiger partial charge in [0, 0.05) is 11.1 Å². The van der Waals surface area contributed by atoms with Gasteiger partial charge in [-0.2, -0.15) is 0 Å². The van der Waals surface area contributed by atoms with Crippen LogP contribution in [0.25, 0.3) is 0 Å². The summed E-state index contributed by atoms with van der Waals surface area (Å²) in [4.78, 5) is 36.7. The van der Waals surface area contributed by atoms with Crippen molar-refractivity contribution in [1.29, 1.82) is 0 Å². The van der Waals surface area contributed by atoms with Gasteiger partial charge in [-0.05, 0) is 54.3 Å². The van der Waals surface area contributed by atoms with Crippen LogP contribution in [0.3, 0.4) is 0 Å². The van der Waals surface area contributed by atoms with Crippen molar-refractivity contribution in [1.82, 2.24) is 0 Å². The third-order valence-corrected chi connectivity index (χ3v) is 5.07. The van der Waals surface area contributed by atoms with E-state index in [0.717, 1.165) is 5.56 Å². The first kappa shape index (κ1) is 23.7. The highest BCUT2D eigenvalue weighted by atomic mass is 16.5. The molecule has 0 aliphatic carbocycles. The molecule has 0 spiro atoms. The molecule has 33 heavy (non-hydrogen) atoms. The highest BCUT2D eigenvalue weighted by molar-refractivity contribution is 6.07. The summed E-state index contributed by atoms with van der Waals surface area (Å²) in [5.41, 5.74) is 3.12. The Balaban J connectivity index is 1.64. The first-order chi connectivity index (χ1) is 15.6. The SMILES string of the molecule is CC(=O)c1cccc(OCC(=O)Nc2ccccc2NC(=O)c2ccc(C(C)(C)C)cc2)c1. The molecular weight excluding hydrogens is 416 g/mol. The summed E-state index contributed by atoms with van der Waals surface area (Å²) in [6.07, 6.45) is 0. The number of benzene rings is 3. The van der Waals surface area contributed by atoms with Gasteiger partial charge >= 0.3 is 0 Å². The molecule has 0 atom stereocenters. The predicted molar refractivity (Wildman–Crippen MR) is 130 cm³/mol. The molecule has 3 aromatic rings. The lowest BCUT2D eigenvalue weighted by atomic mass is 9.87. The normalized spacial score (nSPS) is 10.9. The van der Waals surface area contributed by atoms with Gasteiger partial charge in [-0.25, -0.2) is 0 Å². The summed E-state index contributed by atoms with van der Waals surface area (Å²) < 4.78 is 5.51. The third-order valence-electron chi connectivity index (χ3n) is 5.07. The van der Waals surface area contributed by atoms with E-state index in [1.807, 2.05) is 12.1 Å². The Labute approximate surface area is 194 Å². The van der Waals surface area contributed by atoms with Crippen molar-refractivity contribution >= 4 is 29.0 Å². The van der Waals surface area contributed by atoms with E-state index in [1.165, 1.54) is 6.92 Å². The largest absolute Gasteiger partial charge is 0.484 e. The summed E-state index contributed by atoms with van der Waals surface area (Å²) in [6.45, 7) is 7.58. The van der Waals surface area contributed by atoms with Crippen LogP contribution >= 0.6 is 0 Å². The summed E-state index contributed by atoms with van der Waals surface area (Å²) in [6, 6.07) is 21.1. The molecule has 2 amide bonds. The zero-order valence-electron chi connectivity index (χ0n) is 19.3. The van der Waals surface area contributed by atoms with Gasteiger partial charge in [0.15, 0.2) is 12.4 Å². The molecule has 3 rings (SSSR count). The van der Waals surface area contributed by atoms with Gasteiger partial charge in [-0.3, -0.25) is 14.4 Å². The molecule has 0 fully saturated rings. The Kier molecular flexibility index (Phi) is 7.28. The van der Waals surface area contributed by atoms with E-state index >= 15 is 0 Å².